The molecule has 1 atom stereocenters. The molecule has 3 fully saturated rings. The van der Waals surface area contributed by atoms with E-state index in [2.05, 4.69) is 5.32 Å². The minimum atomic E-state index is -2.65. The van der Waals surface area contributed by atoms with Gasteiger partial charge < -0.3 is 10.2 Å². The van der Waals surface area contributed by atoms with Gasteiger partial charge in [-0.25, -0.2) is 18.0 Å². The molecule has 2 spiro atoms. The van der Waals surface area contributed by atoms with Crippen LogP contribution in [0, 0.1) is 11.2 Å². The highest BCUT2D eigenvalue weighted by atomic mass is 19.3. The average molecular weight is 381 g/mol. The molecule has 0 bridgehead atoms. The molecule has 1 saturated heterocycles. The van der Waals surface area contributed by atoms with Gasteiger partial charge >= 0.3 is 6.03 Å². The minimum absolute atomic E-state index is 0.119. The SMILES string of the molecule is CN(C)C(CN1C(=O)NC2(CC3(CC(F)(F)C3)C2)C1=O)c1ccc(F)cc1. The summed E-state index contributed by atoms with van der Waals surface area (Å²) >= 11 is 0. The zero-order valence-corrected chi connectivity index (χ0v) is 15.3. The van der Waals surface area contributed by atoms with Crippen LogP contribution in [0.4, 0.5) is 18.0 Å². The van der Waals surface area contributed by atoms with Crippen LogP contribution >= 0.6 is 0 Å². The third kappa shape index (κ3) is 2.90. The third-order valence-corrected chi connectivity index (χ3v) is 6.10. The van der Waals surface area contributed by atoms with Crippen molar-refractivity contribution in [1.82, 2.24) is 15.1 Å². The van der Waals surface area contributed by atoms with Crippen molar-refractivity contribution < 1.29 is 22.8 Å². The van der Waals surface area contributed by atoms with Crippen LogP contribution in [0.2, 0.25) is 0 Å². The summed E-state index contributed by atoms with van der Waals surface area (Å²) in [6.07, 6.45) is 0.140. The second-order valence-corrected chi connectivity index (χ2v) is 8.52. The number of nitrogens with one attached hydrogen (secondary N) is 1. The molecule has 146 valence electrons. The fourth-order valence-electron chi connectivity index (χ4n) is 5.03. The summed E-state index contributed by atoms with van der Waals surface area (Å²) in [7, 11) is 3.63. The molecule has 1 heterocycles. The Kier molecular flexibility index (Phi) is 3.86. The van der Waals surface area contributed by atoms with Crippen molar-refractivity contribution in [2.24, 2.45) is 5.41 Å². The Morgan fingerprint density at radius 1 is 1.11 bits per heavy atom. The van der Waals surface area contributed by atoms with Crippen molar-refractivity contribution in [2.45, 2.75) is 43.2 Å². The molecule has 2 aliphatic carbocycles. The number of likely N-dealkylation sites (N-methyl/N-ethyl adjacent to an activating group) is 1. The zero-order valence-electron chi connectivity index (χ0n) is 15.3. The van der Waals surface area contributed by atoms with Crippen LogP contribution in [0.25, 0.3) is 0 Å². The largest absolute Gasteiger partial charge is 0.325 e. The lowest BCUT2D eigenvalue weighted by Gasteiger charge is -2.60. The highest BCUT2D eigenvalue weighted by Crippen LogP contribution is 2.66. The van der Waals surface area contributed by atoms with E-state index in [1.807, 2.05) is 19.0 Å². The number of halogens is 3. The van der Waals surface area contributed by atoms with Crippen LogP contribution < -0.4 is 5.32 Å². The predicted octanol–water partition coefficient (Wildman–Crippen LogP) is 2.93. The van der Waals surface area contributed by atoms with Crippen molar-refractivity contribution in [3.05, 3.63) is 35.6 Å². The van der Waals surface area contributed by atoms with Crippen LogP contribution in [-0.2, 0) is 4.79 Å². The molecule has 3 amide bonds. The van der Waals surface area contributed by atoms with E-state index >= 15 is 0 Å². The van der Waals surface area contributed by atoms with E-state index in [0.29, 0.717) is 0 Å². The normalized spacial score (nSPS) is 25.5. The Hall–Kier alpha value is -2.09. The molecule has 0 radical (unpaired) electrons. The first-order valence-electron chi connectivity index (χ1n) is 8.99. The molecule has 27 heavy (non-hydrogen) atoms. The highest BCUT2D eigenvalue weighted by Gasteiger charge is 2.72. The third-order valence-electron chi connectivity index (χ3n) is 6.10. The second-order valence-electron chi connectivity index (χ2n) is 8.52. The molecule has 4 rings (SSSR count). The van der Waals surface area contributed by atoms with Gasteiger partial charge in [0.1, 0.15) is 11.4 Å². The van der Waals surface area contributed by atoms with Crippen molar-refractivity contribution in [2.75, 3.05) is 20.6 Å². The van der Waals surface area contributed by atoms with E-state index in [0.717, 1.165) is 10.5 Å². The first-order valence-corrected chi connectivity index (χ1v) is 8.99. The van der Waals surface area contributed by atoms with Gasteiger partial charge in [0.2, 0.25) is 5.92 Å². The van der Waals surface area contributed by atoms with Gasteiger partial charge in [0.15, 0.2) is 0 Å². The van der Waals surface area contributed by atoms with Crippen molar-refractivity contribution in [1.29, 1.82) is 0 Å². The lowest BCUT2D eigenvalue weighted by atomic mass is 9.47. The van der Waals surface area contributed by atoms with Crippen LogP contribution in [0.15, 0.2) is 24.3 Å². The zero-order chi connectivity index (χ0) is 19.6. The first-order chi connectivity index (χ1) is 12.5. The maximum atomic E-state index is 13.2. The molecule has 1 aliphatic heterocycles. The molecule has 8 heteroatoms. The van der Waals surface area contributed by atoms with Crippen molar-refractivity contribution in [3.8, 4) is 0 Å². The number of rotatable bonds is 4. The number of amides is 3. The summed E-state index contributed by atoms with van der Waals surface area (Å²) in [4.78, 5) is 28.4. The van der Waals surface area contributed by atoms with Gasteiger partial charge in [-0.1, -0.05) is 12.1 Å². The fraction of sp³-hybridized carbons (Fsp3) is 0.579. The Morgan fingerprint density at radius 2 is 1.70 bits per heavy atom. The number of nitrogens with zero attached hydrogens (tertiary/aromatic N) is 2. The van der Waals surface area contributed by atoms with E-state index in [-0.39, 0.29) is 50.0 Å². The number of imide groups is 1. The Morgan fingerprint density at radius 3 is 2.22 bits per heavy atom. The number of hydrogen-bond donors (Lipinski definition) is 1. The molecule has 3 aliphatic rings. The van der Waals surface area contributed by atoms with Crippen molar-refractivity contribution in [3.63, 3.8) is 0 Å². The molecule has 2 saturated carbocycles. The molecular weight excluding hydrogens is 359 g/mol. The van der Waals surface area contributed by atoms with Gasteiger partial charge in [-0.2, -0.15) is 0 Å². The molecular formula is C19H22F3N3O2. The standard InChI is InChI=1S/C19H22F3N3O2/c1-24(2)14(12-3-5-13(20)6-4-12)7-25-15(26)18(23-16(25)27)8-17(9-18)10-19(21,22)11-17/h3-6,14H,7-11H2,1-2H3,(H,23,27). The van der Waals surface area contributed by atoms with Gasteiger partial charge in [0.25, 0.3) is 5.91 Å². The smallest absolute Gasteiger partial charge is 0.323 e. The highest BCUT2D eigenvalue weighted by molar-refractivity contribution is 6.07. The minimum Gasteiger partial charge on any atom is -0.323 e. The Labute approximate surface area is 155 Å². The van der Waals surface area contributed by atoms with E-state index in [4.69, 9.17) is 0 Å². The maximum Gasteiger partial charge on any atom is 0.325 e. The van der Waals surface area contributed by atoms with E-state index in [9.17, 15) is 22.8 Å². The van der Waals surface area contributed by atoms with Crippen LogP contribution in [0.5, 0.6) is 0 Å². The Balaban J connectivity index is 1.48. The maximum absolute atomic E-state index is 13.2. The Bertz CT molecular complexity index is 778. The summed E-state index contributed by atoms with van der Waals surface area (Å²) in [5.74, 6) is -3.35. The molecule has 1 aromatic carbocycles. The van der Waals surface area contributed by atoms with Gasteiger partial charge in [0, 0.05) is 12.8 Å². The van der Waals surface area contributed by atoms with Gasteiger partial charge in [-0.15, -0.1) is 0 Å². The molecule has 1 aromatic rings. The average Bonchev–Trinajstić information content (AvgIpc) is 2.75. The van der Waals surface area contributed by atoms with Gasteiger partial charge in [-0.3, -0.25) is 9.69 Å². The van der Waals surface area contributed by atoms with Crippen LogP contribution in [-0.4, -0.2) is 53.8 Å². The first kappa shape index (κ1) is 18.3. The second kappa shape index (κ2) is 5.70. The van der Waals surface area contributed by atoms with Crippen LogP contribution in [0.1, 0.15) is 37.3 Å². The topological polar surface area (TPSA) is 52.6 Å². The molecule has 1 N–H and O–H groups in total. The van der Waals surface area contributed by atoms with Gasteiger partial charge in [-0.05, 0) is 50.0 Å². The van der Waals surface area contributed by atoms with Gasteiger partial charge in [0.05, 0.1) is 12.6 Å². The summed E-state index contributed by atoms with van der Waals surface area (Å²) in [5.41, 5.74) is -0.764. The monoisotopic (exact) mass is 381 g/mol. The number of urea groups is 1. The lowest BCUT2D eigenvalue weighted by Crippen LogP contribution is -2.68. The summed E-state index contributed by atoms with van der Waals surface area (Å²) in [5, 5.41) is 2.74. The van der Waals surface area contributed by atoms with E-state index < -0.39 is 22.9 Å². The number of benzene rings is 1. The molecule has 5 nitrogen and oxygen atoms in total. The number of hydrogen-bond acceptors (Lipinski definition) is 3. The summed E-state index contributed by atoms with van der Waals surface area (Å²) in [6.45, 7) is 0.119. The quantitative estimate of drug-likeness (QED) is 0.816. The lowest BCUT2D eigenvalue weighted by molar-refractivity contribution is -0.214. The molecule has 1 unspecified atom stereocenters. The number of carbonyl (C=O) groups is 2. The van der Waals surface area contributed by atoms with E-state index in [1.54, 1.807) is 12.1 Å². The number of alkyl halides is 2. The van der Waals surface area contributed by atoms with Crippen molar-refractivity contribution >= 4 is 11.9 Å². The molecule has 0 aromatic heterocycles. The summed E-state index contributed by atoms with van der Waals surface area (Å²) in [6, 6.07) is 5.15. The van der Waals surface area contributed by atoms with E-state index in [1.165, 1.54) is 12.1 Å². The predicted molar refractivity (Wildman–Crippen MR) is 91.7 cm³/mol. The number of carbonyl (C=O) groups excluding carboxylic acids is 2. The summed E-state index contributed by atoms with van der Waals surface area (Å²) < 4.78 is 39.7. The van der Waals surface area contributed by atoms with Crippen LogP contribution in [0.3, 0.4) is 0 Å². The fourth-order valence-corrected chi connectivity index (χ4v) is 5.03.